The van der Waals surface area contributed by atoms with Crippen LogP contribution < -0.4 is 5.73 Å². The molecule has 0 atom stereocenters. The Morgan fingerprint density at radius 3 is 2.38 bits per heavy atom. The van der Waals surface area contributed by atoms with Crippen molar-refractivity contribution in [3.8, 4) is 11.3 Å². The minimum absolute atomic E-state index is 0.447. The first-order valence-electron chi connectivity index (χ1n) is 5.17. The molecule has 0 radical (unpaired) electrons. The molecule has 2 aromatic carbocycles. The van der Waals surface area contributed by atoms with Crippen molar-refractivity contribution < 1.29 is 4.42 Å². The van der Waals surface area contributed by atoms with Crippen LogP contribution in [0.1, 0.15) is 0 Å². The van der Waals surface area contributed by atoms with Crippen molar-refractivity contribution in [2.45, 2.75) is 0 Å². The minimum Gasteiger partial charge on any atom is -0.441 e. The number of fused-ring (bicyclic) bond motifs is 1. The highest BCUT2D eigenvalue weighted by Crippen LogP contribution is 2.26. The molecule has 2 heteroatoms. The molecule has 0 bridgehead atoms. The topological polar surface area (TPSA) is 39.2 Å². The Kier molecular flexibility index (Phi) is 1.93. The summed E-state index contributed by atoms with van der Waals surface area (Å²) in [5.41, 5.74) is 6.61. The summed E-state index contributed by atoms with van der Waals surface area (Å²) in [6, 6.07) is 18.1. The Morgan fingerprint density at radius 1 is 0.812 bits per heavy atom. The zero-order valence-corrected chi connectivity index (χ0v) is 8.68. The van der Waals surface area contributed by atoms with Crippen LogP contribution in [-0.4, -0.2) is 0 Å². The first-order chi connectivity index (χ1) is 7.83. The van der Waals surface area contributed by atoms with Crippen LogP contribution in [0.15, 0.2) is 59.0 Å². The Labute approximate surface area is 93.3 Å². The maximum Gasteiger partial charge on any atom is 0.190 e. The summed E-state index contributed by atoms with van der Waals surface area (Å²) in [6.45, 7) is 0. The second-order valence-corrected chi connectivity index (χ2v) is 3.76. The van der Waals surface area contributed by atoms with Gasteiger partial charge in [0.05, 0.1) is 0 Å². The molecule has 0 aliphatic carbocycles. The molecule has 78 valence electrons. The van der Waals surface area contributed by atoms with E-state index < -0.39 is 0 Å². The predicted molar refractivity (Wildman–Crippen MR) is 66.1 cm³/mol. The van der Waals surface area contributed by atoms with Crippen molar-refractivity contribution in [3.63, 3.8) is 0 Å². The lowest BCUT2D eigenvalue weighted by Crippen LogP contribution is -1.78. The van der Waals surface area contributed by atoms with E-state index in [2.05, 4.69) is 24.3 Å². The molecule has 16 heavy (non-hydrogen) atoms. The van der Waals surface area contributed by atoms with Gasteiger partial charge in [0, 0.05) is 11.6 Å². The molecule has 0 unspecified atom stereocenters. The Hall–Kier alpha value is -2.22. The molecule has 0 spiro atoms. The van der Waals surface area contributed by atoms with E-state index in [-0.39, 0.29) is 0 Å². The second-order valence-electron chi connectivity index (χ2n) is 3.76. The van der Waals surface area contributed by atoms with Gasteiger partial charge in [0.2, 0.25) is 0 Å². The lowest BCUT2D eigenvalue weighted by molar-refractivity contribution is 0.603. The van der Waals surface area contributed by atoms with Gasteiger partial charge in [0.25, 0.3) is 0 Å². The van der Waals surface area contributed by atoms with E-state index in [1.54, 1.807) is 6.07 Å². The Morgan fingerprint density at radius 2 is 1.62 bits per heavy atom. The smallest absolute Gasteiger partial charge is 0.190 e. The molecular weight excluding hydrogens is 198 g/mol. The molecule has 2 N–H and O–H groups in total. The molecule has 1 heterocycles. The highest BCUT2D eigenvalue weighted by Gasteiger charge is 2.03. The lowest BCUT2D eigenvalue weighted by Gasteiger charge is -2.00. The third kappa shape index (κ3) is 1.44. The SMILES string of the molecule is Nc1ccc(-c2ccc3ccccc3c2)o1. The van der Waals surface area contributed by atoms with E-state index in [9.17, 15) is 0 Å². The minimum atomic E-state index is 0.447. The van der Waals surface area contributed by atoms with Gasteiger partial charge in [-0.1, -0.05) is 36.4 Å². The second kappa shape index (κ2) is 3.42. The third-order valence-electron chi connectivity index (χ3n) is 2.66. The highest BCUT2D eigenvalue weighted by atomic mass is 16.3. The molecule has 0 saturated heterocycles. The van der Waals surface area contributed by atoms with Gasteiger partial charge in [-0.25, -0.2) is 0 Å². The normalized spacial score (nSPS) is 10.8. The van der Waals surface area contributed by atoms with Crippen molar-refractivity contribution in [3.05, 3.63) is 54.6 Å². The summed E-state index contributed by atoms with van der Waals surface area (Å²) >= 11 is 0. The summed E-state index contributed by atoms with van der Waals surface area (Å²) in [5, 5.41) is 2.43. The fraction of sp³-hybridized carbons (Fsp3) is 0. The monoisotopic (exact) mass is 209 g/mol. The Bertz CT molecular complexity index is 640. The van der Waals surface area contributed by atoms with Gasteiger partial charge >= 0.3 is 0 Å². The zero-order chi connectivity index (χ0) is 11.0. The first kappa shape index (κ1) is 9.04. The fourth-order valence-corrected chi connectivity index (χ4v) is 1.85. The molecule has 3 rings (SSSR count). The average Bonchev–Trinajstić information content (AvgIpc) is 2.75. The van der Waals surface area contributed by atoms with Gasteiger partial charge < -0.3 is 10.2 Å². The third-order valence-corrected chi connectivity index (χ3v) is 2.66. The van der Waals surface area contributed by atoms with Gasteiger partial charge in [-0.2, -0.15) is 0 Å². The van der Waals surface area contributed by atoms with Crippen molar-refractivity contribution in [1.29, 1.82) is 0 Å². The molecule has 2 nitrogen and oxygen atoms in total. The summed E-state index contributed by atoms with van der Waals surface area (Å²) in [5.74, 6) is 1.26. The van der Waals surface area contributed by atoms with Crippen LogP contribution in [0.4, 0.5) is 5.88 Å². The average molecular weight is 209 g/mol. The van der Waals surface area contributed by atoms with E-state index in [1.165, 1.54) is 10.8 Å². The number of nitrogens with two attached hydrogens (primary N) is 1. The van der Waals surface area contributed by atoms with Gasteiger partial charge in [0.1, 0.15) is 5.76 Å². The van der Waals surface area contributed by atoms with Gasteiger partial charge in [-0.3, -0.25) is 0 Å². The lowest BCUT2D eigenvalue weighted by atomic mass is 10.1. The molecular formula is C14H11NO. The maximum absolute atomic E-state index is 5.56. The zero-order valence-electron chi connectivity index (χ0n) is 8.68. The van der Waals surface area contributed by atoms with Crippen LogP contribution in [-0.2, 0) is 0 Å². The van der Waals surface area contributed by atoms with Crippen LogP contribution in [0.3, 0.4) is 0 Å². The van der Waals surface area contributed by atoms with Crippen LogP contribution in [0.25, 0.3) is 22.1 Å². The van der Waals surface area contributed by atoms with E-state index in [0.717, 1.165) is 11.3 Å². The van der Waals surface area contributed by atoms with Gasteiger partial charge in [-0.05, 0) is 22.9 Å². The van der Waals surface area contributed by atoms with Crippen molar-refractivity contribution >= 4 is 16.7 Å². The fourth-order valence-electron chi connectivity index (χ4n) is 1.85. The number of hydrogen-bond donors (Lipinski definition) is 1. The molecule has 0 aliphatic heterocycles. The summed E-state index contributed by atoms with van der Waals surface area (Å²) in [4.78, 5) is 0. The highest BCUT2D eigenvalue weighted by molar-refractivity contribution is 5.86. The van der Waals surface area contributed by atoms with E-state index >= 15 is 0 Å². The number of benzene rings is 2. The van der Waals surface area contributed by atoms with Gasteiger partial charge in [0.15, 0.2) is 5.88 Å². The van der Waals surface area contributed by atoms with Crippen LogP contribution in [0.5, 0.6) is 0 Å². The van der Waals surface area contributed by atoms with E-state index in [0.29, 0.717) is 5.88 Å². The standard InChI is InChI=1S/C14H11NO/c15-14-8-7-13(16-14)12-6-5-10-3-1-2-4-11(10)9-12/h1-9H,15H2. The molecule has 0 saturated carbocycles. The van der Waals surface area contributed by atoms with Crippen molar-refractivity contribution in [2.75, 3.05) is 5.73 Å². The van der Waals surface area contributed by atoms with E-state index in [4.69, 9.17) is 10.2 Å². The quantitative estimate of drug-likeness (QED) is 0.664. The summed E-state index contributed by atoms with van der Waals surface area (Å²) < 4.78 is 5.40. The molecule has 0 aliphatic rings. The largest absolute Gasteiger partial charge is 0.441 e. The molecule has 1 aromatic heterocycles. The van der Waals surface area contributed by atoms with Crippen molar-refractivity contribution in [2.24, 2.45) is 0 Å². The summed E-state index contributed by atoms with van der Waals surface area (Å²) in [6.07, 6.45) is 0. The van der Waals surface area contributed by atoms with Crippen LogP contribution in [0, 0.1) is 0 Å². The molecule has 0 fully saturated rings. The van der Waals surface area contributed by atoms with Crippen LogP contribution >= 0.6 is 0 Å². The first-order valence-corrected chi connectivity index (χ1v) is 5.17. The maximum atomic E-state index is 5.56. The summed E-state index contributed by atoms with van der Waals surface area (Å²) in [7, 11) is 0. The molecule has 0 amide bonds. The number of nitrogen functional groups attached to an aromatic ring is 1. The molecule has 3 aromatic rings. The van der Waals surface area contributed by atoms with Gasteiger partial charge in [-0.15, -0.1) is 0 Å². The Balaban J connectivity index is 2.18. The number of anilines is 1. The number of hydrogen-bond acceptors (Lipinski definition) is 2. The van der Waals surface area contributed by atoms with Crippen molar-refractivity contribution in [1.82, 2.24) is 0 Å². The van der Waals surface area contributed by atoms with Crippen LogP contribution in [0.2, 0.25) is 0 Å². The predicted octanol–water partition coefficient (Wildman–Crippen LogP) is 3.68. The van der Waals surface area contributed by atoms with E-state index in [1.807, 2.05) is 24.3 Å². The number of rotatable bonds is 1. The number of furan rings is 1.